The quantitative estimate of drug-likeness (QED) is 0.912. The third-order valence-corrected chi connectivity index (χ3v) is 3.91. The Morgan fingerprint density at radius 3 is 2.55 bits per heavy atom. The van der Waals surface area contributed by atoms with Crippen molar-refractivity contribution in [1.82, 2.24) is 10.2 Å². The summed E-state index contributed by atoms with van der Waals surface area (Å²) >= 11 is 0. The molecule has 1 fully saturated rings. The van der Waals surface area contributed by atoms with Crippen molar-refractivity contribution in [2.24, 2.45) is 5.92 Å². The van der Waals surface area contributed by atoms with Crippen molar-refractivity contribution in [1.29, 1.82) is 0 Å². The molecule has 1 heterocycles. The van der Waals surface area contributed by atoms with E-state index in [0.717, 1.165) is 18.4 Å². The zero-order valence-electron chi connectivity index (χ0n) is 12.2. The molecule has 0 aliphatic heterocycles. The second-order valence-corrected chi connectivity index (χ2v) is 5.51. The zero-order chi connectivity index (χ0) is 15.5. The molecule has 1 aliphatic rings. The van der Waals surface area contributed by atoms with E-state index in [9.17, 15) is 9.59 Å². The van der Waals surface area contributed by atoms with E-state index in [0.29, 0.717) is 17.3 Å². The van der Waals surface area contributed by atoms with Gasteiger partial charge >= 0.3 is 6.09 Å². The van der Waals surface area contributed by atoms with E-state index < -0.39 is 6.09 Å². The minimum atomic E-state index is -0.425. The highest BCUT2D eigenvalue weighted by atomic mass is 16.6. The largest absolute Gasteiger partial charge is 0.446 e. The summed E-state index contributed by atoms with van der Waals surface area (Å²) in [5, 5.41) is 9.05. The highest BCUT2D eigenvalue weighted by Crippen LogP contribution is 2.29. The fraction of sp³-hybridized carbons (Fsp3) is 0.312. The number of ether oxygens (including phenoxy) is 1. The van der Waals surface area contributed by atoms with Crippen LogP contribution >= 0.6 is 0 Å². The molecular formula is C16H17N3O3. The molecule has 1 aliphatic carbocycles. The van der Waals surface area contributed by atoms with Gasteiger partial charge in [-0.05, 0) is 37.0 Å². The van der Waals surface area contributed by atoms with Gasteiger partial charge in [0.1, 0.15) is 6.10 Å². The van der Waals surface area contributed by atoms with Gasteiger partial charge in [0, 0.05) is 17.3 Å². The Morgan fingerprint density at radius 2 is 2.00 bits per heavy atom. The summed E-state index contributed by atoms with van der Waals surface area (Å²) in [5.74, 6) is 0.444. The molecule has 22 heavy (non-hydrogen) atoms. The lowest BCUT2D eigenvalue weighted by Crippen LogP contribution is -2.35. The maximum Gasteiger partial charge on any atom is 0.411 e. The van der Waals surface area contributed by atoms with E-state index in [1.807, 2.05) is 12.1 Å². The number of carbonyl (C=O) groups excluding carboxylic acids is 1. The standard InChI is InChI=1S/C16H17N3O3/c1-10-2-8-14(10)22-16(21)17-12-5-3-11(4-6-12)13-7-9-15(20)19-18-13/h3-7,9-10,14H,2,8H2,1H3,(H,17,21)(H,19,20). The fourth-order valence-corrected chi connectivity index (χ4v) is 2.33. The lowest BCUT2D eigenvalue weighted by molar-refractivity contribution is 0.0173. The first kappa shape index (κ1) is 14.3. The molecule has 2 N–H and O–H groups in total. The third kappa shape index (κ3) is 3.16. The molecule has 2 aromatic rings. The van der Waals surface area contributed by atoms with E-state index >= 15 is 0 Å². The van der Waals surface area contributed by atoms with Crippen molar-refractivity contribution in [2.75, 3.05) is 5.32 Å². The van der Waals surface area contributed by atoms with Crippen molar-refractivity contribution < 1.29 is 9.53 Å². The molecule has 0 radical (unpaired) electrons. The van der Waals surface area contributed by atoms with Crippen LogP contribution in [0.25, 0.3) is 11.3 Å². The fourth-order valence-electron chi connectivity index (χ4n) is 2.33. The van der Waals surface area contributed by atoms with Crippen LogP contribution in [0.4, 0.5) is 10.5 Å². The van der Waals surface area contributed by atoms with Crippen LogP contribution in [0.5, 0.6) is 0 Å². The van der Waals surface area contributed by atoms with E-state index in [1.54, 1.807) is 18.2 Å². The Balaban J connectivity index is 1.62. The first-order valence-electron chi connectivity index (χ1n) is 7.25. The van der Waals surface area contributed by atoms with Crippen molar-refractivity contribution in [3.8, 4) is 11.3 Å². The number of aromatic nitrogens is 2. The second kappa shape index (κ2) is 6.01. The van der Waals surface area contributed by atoms with E-state index in [-0.39, 0.29) is 11.7 Å². The highest BCUT2D eigenvalue weighted by Gasteiger charge is 2.30. The summed E-state index contributed by atoms with van der Waals surface area (Å²) in [6.45, 7) is 2.08. The maximum atomic E-state index is 11.8. The third-order valence-electron chi connectivity index (χ3n) is 3.91. The van der Waals surface area contributed by atoms with Crippen LogP contribution in [0.15, 0.2) is 41.2 Å². The van der Waals surface area contributed by atoms with Gasteiger partial charge in [-0.3, -0.25) is 10.1 Å². The first-order valence-corrected chi connectivity index (χ1v) is 7.25. The van der Waals surface area contributed by atoms with E-state index in [1.165, 1.54) is 6.07 Å². The SMILES string of the molecule is CC1CCC1OC(=O)Nc1ccc(-c2ccc(=O)[nH]n2)cc1. The molecule has 114 valence electrons. The lowest BCUT2D eigenvalue weighted by Gasteiger charge is -2.32. The second-order valence-electron chi connectivity index (χ2n) is 5.51. The first-order chi connectivity index (χ1) is 10.6. The van der Waals surface area contributed by atoms with Crippen molar-refractivity contribution in [3.63, 3.8) is 0 Å². The van der Waals surface area contributed by atoms with Gasteiger partial charge < -0.3 is 4.74 Å². The number of nitrogens with one attached hydrogen (secondary N) is 2. The van der Waals surface area contributed by atoms with Gasteiger partial charge in [-0.1, -0.05) is 19.1 Å². The predicted octanol–water partition coefficient (Wildman–Crippen LogP) is 2.78. The molecule has 0 saturated heterocycles. The molecule has 6 heteroatoms. The van der Waals surface area contributed by atoms with Crippen LogP contribution < -0.4 is 10.9 Å². The number of nitrogens with zero attached hydrogens (tertiary/aromatic N) is 1. The van der Waals surface area contributed by atoms with Gasteiger partial charge in [0.25, 0.3) is 5.56 Å². The predicted molar refractivity (Wildman–Crippen MR) is 82.6 cm³/mol. The highest BCUT2D eigenvalue weighted by molar-refractivity contribution is 5.85. The van der Waals surface area contributed by atoms with Crippen LogP contribution in [-0.4, -0.2) is 22.4 Å². The Labute approximate surface area is 127 Å². The molecule has 2 unspecified atom stereocenters. The molecule has 1 aromatic carbocycles. The maximum absolute atomic E-state index is 11.8. The van der Waals surface area contributed by atoms with Crippen LogP contribution in [0.2, 0.25) is 0 Å². The molecule has 1 saturated carbocycles. The van der Waals surface area contributed by atoms with Gasteiger partial charge in [0.05, 0.1) is 5.69 Å². The number of rotatable bonds is 3. The Bertz CT molecular complexity index is 704. The average molecular weight is 299 g/mol. The van der Waals surface area contributed by atoms with Crippen molar-refractivity contribution in [2.45, 2.75) is 25.9 Å². The summed E-state index contributed by atoms with van der Waals surface area (Å²) < 4.78 is 5.33. The molecular weight excluding hydrogens is 282 g/mol. The number of hydrogen-bond donors (Lipinski definition) is 2. The summed E-state index contributed by atoms with van der Waals surface area (Å²) in [4.78, 5) is 22.8. The van der Waals surface area contributed by atoms with Gasteiger partial charge in [-0.25, -0.2) is 9.89 Å². The van der Waals surface area contributed by atoms with Crippen LogP contribution in [0, 0.1) is 5.92 Å². The molecule has 3 rings (SSSR count). The number of benzene rings is 1. The van der Waals surface area contributed by atoms with Gasteiger partial charge in [0.15, 0.2) is 0 Å². The number of hydrogen-bond acceptors (Lipinski definition) is 4. The van der Waals surface area contributed by atoms with Crippen molar-refractivity contribution >= 4 is 11.8 Å². The average Bonchev–Trinajstić information content (AvgIpc) is 2.53. The van der Waals surface area contributed by atoms with Crippen molar-refractivity contribution in [3.05, 3.63) is 46.8 Å². The van der Waals surface area contributed by atoms with Crippen LogP contribution in [0.1, 0.15) is 19.8 Å². The van der Waals surface area contributed by atoms with Gasteiger partial charge in [0.2, 0.25) is 0 Å². The Kier molecular flexibility index (Phi) is 3.91. The molecule has 1 amide bonds. The molecule has 6 nitrogen and oxygen atoms in total. The molecule has 1 aromatic heterocycles. The van der Waals surface area contributed by atoms with E-state index in [2.05, 4.69) is 22.4 Å². The molecule has 0 bridgehead atoms. The zero-order valence-corrected chi connectivity index (χ0v) is 12.2. The van der Waals surface area contributed by atoms with Gasteiger partial charge in [-0.2, -0.15) is 5.10 Å². The summed E-state index contributed by atoms with van der Waals surface area (Å²) in [6.07, 6.45) is 1.65. The monoisotopic (exact) mass is 299 g/mol. The Morgan fingerprint density at radius 1 is 1.23 bits per heavy atom. The molecule has 0 spiro atoms. The van der Waals surface area contributed by atoms with Crippen LogP contribution in [-0.2, 0) is 4.74 Å². The van der Waals surface area contributed by atoms with E-state index in [4.69, 9.17) is 4.74 Å². The Hall–Kier alpha value is -2.63. The summed E-state index contributed by atoms with van der Waals surface area (Å²) in [6, 6.07) is 10.3. The number of amides is 1. The minimum absolute atomic E-state index is 0.0321. The number of aromatic amines is 1. The molecule has 2 atom stereocenters. The smallest absolute Gasteiger partial charge is 0.411 e. The minimum Gasteiger partial charge on any atom is -0.446 e. The van der Waals surface area contributed by atoms with Gasteiger partial charge in [-0.15, -0.1) is 0 Å². The summed E-state index contributed by atoms with van der Waals surface area (Å²) in [5.41, 5.74) is 1.93. The number of H-pyrrole nitrogens is 1. The summed E-state index contributed by atoms with van der Waals surface area (Å²) in [7, 11) is 0. The number of anilines is 1. The number of carbonyl (C=O) groups is 1. The lowest BCUT2D eigenvalue weighted by atomic mass is 9.84. The topological polar surface area (TPSA) is 84.1 Å². The van der Waals surface area contributed by atoms with Crippen LogP contribution in [0.3, 0.4) is 0 Å². The normalized spacial score (nSPS) is 20.0.